The van der Waals surface area contributed by atoms with Gasteiger partial charge in [-0.2, -0.15) is 5.10 Å². The number of H-pyrrole nitrogens is 1. The van der Waals surface area contributed by atoms with Crippen molar-refractivity contribution in [2.24, 2.45) is 0 Å². The first kappa shape index (κ1) is 16.3. The Kier molecular flexibility index (Phi) is 4.16. The maximum Gasteiger partial charge on any atom is 0.161 e. The van der Waals surface area contributed by atoms with E-state index in [9.17, 15) is 5.11 Å². The van der Waals surface area contributed by atoms with Crippen LogP contribution in [0.2, 0.25) is 0 Å². The third-order valence-corrected chi connectivity index (χ3v) is 4.31. The first-order valence-electron chi connectivity index (χ1n) is 8.58. The molecule has 6 heteroatoms. The van der Waals surface area contributed by atoms with Crippen LogP contribution in [-0.4, -0.2) is 35.1 Å². The number of hydrogen-bond donors (Lipinski definition) is 2. The van der Waals surface area contributed by atoms with Gasteiger partial charge in [-0.15, -0.1) is 0 Å². The van der Waals surface area contributed by atoms with Crippen molar-refractivity contribution in [3.05, 3.63) is 42.1 Å². The molecule has 0 radical (unpaired) electrons. The monoisotopic (exact) mass is 352 g/mol. The molecule has 1 aromatic heterocycles. The number of phenols is 1. The second-order valence-electron chi connectivity index (χ2n) is 6.04. The summed E-state index contributed by atoms with van der Waals surface area (Å²) in [6.45, 7) is 5.49. The van der Waals surface area contributed by atoms with Crippen molar-refractivity contribution in [3.8, 4) is 45.4 Å². The van der Waals surface area contributed by atoms with Crippen molar-refractivity contribution in [2.75, 3.05) is 19.8 Å². The van der Waals surface area contributed by atoms with Gasteiger partial charge in [0.25, 0.3) is 0 Å². The Labute approximate surface area is 151 Å². The van der Waals surface area contributed by atoms with Crippen molar-refractivity contribution in [2.45, 2.75) is 13.8 Å². The standard InChI is InChI=1S/C20H20N2O4/c1-3-24-14-5-6-15(16(23)11-14)20-19(12(2)21-22-20)13-4-7-17-18(10-13)26-9-8-25-17/h4-7,10-11,23H,3,8-9H2,1-2H3,(H,21,22). The number of nitrogens with one attached hydrogen (secondary N) is 1. The highest BCUT2D eigenvalue weighted by atomic mass is 16.6. The number of hydrogen-bond acceptors (Lipinski definition) is 5. The zero-order chi connectivity index (χ0) is 18.1. The van der Waals surface area contributed by atoms with Crippen LogP contribution in [0.3, 0.4) is 0 Å². The molecule has 4 rings (SSSR count). The molecule has 0 atom stereocenters. The molecule has 0 fully saturated rings. The van der Waals surface area contributed by atoms with Crippen LogP contribution in [0.15, 0.2) is 36.4 Å². The molecular weight excluding hydrogens is 332 g/mol. The van der Waals surface area contributed by atoms with Crippen LogP contribution in [0.4, 0.5) is 0 Å². The Morgan fingerprint density at radius 1 is 1.12 bits per heavy atom. The third kappa shape index (κ3) is 2.83. The van der Waals surface area contributed by atoms with E-state index in [1.807, 2.05) is 44.2 Å². The fraction of sp³-hybridized carbons (Fsp3) is 0.250. The molecule has 0 amide bonds. The van der Waals surface area contributed by atoms with E-state index in [-0.39, 0.29) is 5.75 Å². The van der Waals surface area contributed by atoms with Crippen molar-refractivity contribution < 1.29 is 19.3 Å². The second-order valence-corrected chi connectivity index (χ2v) is 6.04. The number of phenolic OH excluding ortho intramolecular Hbond substituents is 1. The molecular formula is C20H20N2O4. The van der Waals surface area contributed by atoms with Gasteiger partial charge in [-0.05, 0) is 43.7 Å². The van der Waals surface area contributed by atoms with Crippen LogP contribution < -0.4 is 14.2 Å². The van der Waals surface area contributed by atoms with E-state index in [2.05, 4.69) is 10.2 Å². The quantitative estimate of drug-likeness (QED) is 0.744. The lowest BCUT2D eigenvalue weighted by Gasteiger charge is -2.19. The van der Waals surface area contributed by atoms with Gasteiger partial charge in [0.05, 0.1) is 6.61 Å². The highest BCUT2D eigenvalue weighted by molar-refractivity contribution is 5.86. The number of ether oxygens (including phenoxy) is 3. The average molecular weight is 352 g/mol. The lowest BCUT2D eigenvalue weighted by atomic mass is 9.98. The van der Waals surface area contributed by atoms with Gasteiger partial charge in [0.2, 0.25) is 0 Å². The Morgan fingerprint density at radius 2 is 1.92 bits per heavy atom. The Balaban J connectivity index is 1.79. The molecule has 2 aromatic carbocycles. The molecule has 0 aliphatic carbocycles. The summed E-state index contributed by atoms with van der Waals surface area (Å²) in [4.78, 5) is 0. The van der Waals surface area contributed by atoms with Gasteiger partial charge in [0, 0.05) is 22.9 Å². The van der Waals surface area contributed by atoms with E-state index >= 15 is 0 Å². The van der Waals surface area contributed by atoms with Gasteiger partial charge in [-0.3, -0.25) is 5.10 Å². The summed E-state index contributed by atoms with van der Waals surface area (Å²) in [6.07, 6.45) is 0. The van der Waals surface area contributed by atoms with E-state index in [0.29, 0.717) is 36.8 Å². The summed E-state index contributed by atoms with van der Waals surface area (Å²) in [5.74, 6) is 2.21. The maximum atomic E-state index is 10.5. The number of aromatic amines is 1. The van der Waals surface area contributed by atoms with Crippen molar-refractivity contribution in [1.29, 1.82) is 0 Å². The zero-order valence-corrected chi connectivity index (χ0v) is 14.7. The Bertz CT molecular complexity index is 949. The minimum Gasteiger partial charge on any atom is -0.507 e. The molecule has 0 unspecified atom stereocenters. The van der Waals surface area contributed by atoms with E-state index in [1.54, 1.807) is 6.07 Å². The van der Waals surface area contributed by atoms with Gasteiger partial charge < -0.3 is 19.3 Å². The molecule has 1 aliphatic heterocycles. The van der Waals surface area contributed by atoms with Crippen LogP contribution in [-0.2, 0) is 0 Å². The van der Waals surface area contributed by atoms with Crippen LogP contribution >= 0.6 is 0 Å². The minimum atomic E-state index is 0.126. The molecule has 2 heterocycles. The fourth-order valence-corrected chi connectivity index (χ4v) is 3.14. The normalized spacial score (nSPS) is 12.8. The van der Waals surface area contributed by atoms with Gasteiger partial charge in [0.15, 0.2) is 11.5 Å². The Morgan fingerprint density at radius 3 is 2.69 bits per heavy atom. The molecule has 0 spiro atoms. The molecule has 0 bridgehead atoms. The number of aromatic hydroxyl groups is 1. The van der Waals surface area contributed by atoms with E-state index < -0.39 is 0 Å². The summed E-state index contributed by atoms with van der Waals surface area (Å²) in [6, 6.07) is 11.1. The number of benzene rings is 2. The topological polar surface area (TPSA) is 76.6 Å². The number of fused-ring (bicyclic) bond motifs is 1. The van der Waals surface area contributed by atoms with Crippen molar-refractivity contribution in [3.63, 3.8) is 0 Å². The summed E-state index contributed by atoms with van der Waals surface area (Å²) in [7, 11) is 0. The van der Waals surface area contributed by atoms with E-state index in [0.717, 1.165) is 28.3 Å². The SMILES string of the molecule is CCOc1ccc(-c2n[nH]c(C)c2-c2ccc3c(c2)OCCO3)c(O)c1. The van der Waals surface area contributed by atoms with Gasteiger partial charge in [-0.25, -0.2) is 0 Å². The lowest BCUT2D eigenvalue weighted by Crippen LogP contribution is -2.15. The number of rotatable bonds is 4. The van der Waals surface area contributed by atoms with Gasteiger partial charge in [-0.1, -0.05) is 6.07 Å². The first-order chi connectivity index (χ1) is 12.7. The number of aryl methyl sites for hydroxylation is 1. The predicted octanol–water partition coefficient (Wildman–Crippen LogP) is 3.93. The Hall–Kier alpha value is -3.15. The smallest absolute Gasteiger partial charge is 0.161 e. The number of aromatic nitrogens is 2. The second kappa shape index (κ2) is 6.63. The fourth-order valence-electron chi connectivity index (χ4n) is 3.14. The molecule has 134 valence electrons. The molecule has 26 heavy (non-hydrogen) atoms. The summed E-state index contributed by atoms with van der Waals surface area (Å²) < 4.78 is 16.7. The number of nitrogens with zero attached hydrogens (tertiary/aromatic N) is 1. The van der Waals surface area contributed by atoms with E-state index in [1.165, 1.54) is 0 Å². The molecule has 0 saturated heterocycles. The van der Waals surface area contributed by atoms with Gasteiger partial charge in [0.1, 0.15) is 30.4 Å². The minimum absolute atomic E-state index is 0.126. The van der Waals surface area contributed by atoms with Gasteiger partial charge >= 0.3 is 0 Å². The van der Waals surface area contributed by atoms with Crippen LogP contribution in [0.1, 0.15) is 12.6 Å². The first-order valence-corrected chi connectivity index (χ1v) is 8.58. The van der Waals surface area contributed by atoms with Crippen LogP contribution in [0, 0.1) is 6.92 Å². The molecule has 6 nitrogen and oxygen atoms in total. The summed E-state index contributed by atoms with van der Waals surface area (Å²) >= 11 is 0. The summed E-state index contributed by atoms with van der Waals surface area (Å²) in [5.41, 5.74) is 4.09. The molecule has 3 aromatic rings. The van der Waals surface area contributed by atoms with Crippen molar-refractivity contribution >= 4 is 0 Å². The predicted molar refractivity (Wildman–Crippen MR) is 98.0 cm³/mol. The maximum absolute atomic E-state index is 10.5. The highest BCUT2D eigenvalue weighted by Gasteiger charge is 2.20. The summed E-state index contributed by atoms with van der Waals surface area (Å²) in [5, 5.41) is 17.9. The van der Waals surface area contributed by atoms with Crippen molar-refractivity contribution in [1.82, 2.24) is 10.2 Å². The zero-order valence-electron chi connectivity index (χ0n) is 14.7. The molecule has 0 saturated carbocycles. The van der Waals surface area contributed by atoms with Crippen LogP contribution in [0.5, 0.6) is 23.0 Å². The largest absolute Gasteiger partial charge is 0.507 e. The van der Waals surface area contributed by atoms with E-state index in [4.69, 9.17) is 14.2 Å². The lowest BCUT2D eigenvalue weighted by molar-refractivity contribution is 0.171. The average Bonchev–Trinajstić information content (AvgIpc) is 3.03. The highest BCUT2D eigenvalue weighted by Crippen LogP contribution is 2.41. The van der Waals surface area contributed by atoms with Crippen LogP contribution in [0.25, 0.3) is 22.4 Å². The molecule has 2 N–H and O–H groups in total. The third-order valence-electron chi connectivity index (χ3n) is 4.31. The molecule has 1 aliphatic rings.